The molecule has 1 aromatic heterocycles. The van der Waals surface area contributed by atoms with Gasteiger partial charge in [-0.05, 0) is 30.7 Å². The molecule has 0 saturated heterocycles. The van der Waals surface area contributed by atoms with E-state index in [1.54, 1.807) is 30.3 Å². The highest BCUT2D eigenvalue weighted by Crippen LogP contribution is 2.29. The third kappa shape index (κ3) is 2.76. The largest absolute Gasteiger partial charge is 0.493 e. The van der Waals surface area contributed by atoms with Crippen molar-refractivity contribution < 1.29 is 4.74 Å². The molecule has 0 radical (unpaired) electrons. The summed E-state index contributed by atoms with van der Waals surface area (Å²) in [5, 5.41) is 1.57. The number of alkyl halides is 1. The Labute approximate surface area is 141 Å². The average Bonchev–Trinajstić information content (AvgIpc) is 2.51. The Kier molecular flexibility index (Phi) is 4.48. The van der Waals surface area contributed by atoms with Gasteiger partial charge in [-0.25, -0.2) is 0 Å². The fraction of sp³-hybridized carbons (Fsp3) is 0.188. The van der Waals surface area contributed by atoms with Crippen LogP contribution in [-0.2, 0) is 0 Å². The summed E-state index contributed by atoms with van der Waals surface area (Å²) in [6.45, 7) is 0.536. The summed E-state index contributed by atoms with van der Waals surface area (Å²) < 4.78 is 5.60. The van der Waals surface area contributed by atoms with Gasteiger partial charge in [0.15, 0.2) is 5.43 Å². The van der Waals surface area contributed by atoms with Crippen LogP contribution in [0.4, 0.5) is 0 Å². The molecule has 0 aliphatic carbocycles. The number of hydrogen-bond donors (Lipinski definition) is 1. The van der Waals surface area contributed by atoms with Gasteiger partial charge in [0.1, 0.15) is 5.75 Å². The zero-order valence-electron chi connectivity index (χ0n) is 11.5. The van der Waals surface area contributed by atoms with E-state index in [9.17, 15) is 4.79 Å². The number of rotatable bonds is 4. The van der Waals surface area contributed by atoms with Gasteiger partial charge in [-0.15, -0.1) is 11.6 Å². The van der Waals surface area contributed by atoms with E-state index in [1.807, 2.05) is 0 Å². The summed E-state index contributed by atoms with van der Waals surface area (Å²) in [6.07, 6.45) is 0.766. The monoisotopic (exact) mass is 355 g/mol. The van der Waals surface area contributed by atoms with Crippen LogP contribution in [0.5, 0.6) is 5.75 Å². The van der Waals surface area contributed by atoms with Crippen molar-refractivity contribution in [1.29, 1.82) is 0 Å². The minimum atomic E-state index is -0.149. The quantitative estimate of drug-likeness (QED) is 0.406. The average molecular weight is 357 g/mol. The summed E-state index contributed by atoms with van der Waals surface area (Å²) in [5.74, 6) is 1.24. The van der Waals surface area contributed by atoms with Crippen molar-refractivity contribution in [3.05, 3.63) is 50.6 Å². The highest BCUT2D eigenvalue weighted by atomic mass is 35.5. The van der Waals surface area contributed by atoms with Crippen LogP contribution in [0.15, 0.2) is 35.1 Å². The first kappa shape index (κ1) is 15.5. The fourth-order valence-electron chi connectivity index (χ4n) is 2.32. The lowest BCUT2D eigenvalue weighted by molar-refractivity contribution is 0.318. The third-order valence-corrected chi connectivity index (χ3v) is 4.45. The lowest BCUT2D eigenvalue weighted by Crippen LogP contribution is -2.05. The van der Waals surface area contributed by atoms with E-state index >= 15 is 0 Å². The van der Waals surface area contributed by atoms with E-state index in [1.165, 1.54) is 0 Å². The molecular formula is C16H12Cl3NO2. The molecular weight excluding hydrogens is 345 g/mol. The number of hydrogen-bond acceptors (Lipinski definition) is 2. The van der Waals surface area contributed by atoms with Crippen molar-refractivity contribution in [3.8, 4) is 5.75 Å². The number of fused-ring (bicyclic) bond motifs is 2. The van der Waals surface area contributed by atoms with Crippen LogP contribution < -0.4 is 10.2 Å². The molecule has 0 spiro atoms. The second-order valence-electron chi connectivity index (χ2n) is 4.84. The number of benzene rings is 2. The van der Waals surface area contributed by atoms with Crippen LogP contribution in [-0.4, -0.2) is 17.5 Å². The number of nitrogens with one attached hydrogen (secondary N) is 1. The predicted octanol–water partition coefficient (Wildman–Crippen LogP) is 5.00. The van der Waals surface area contributed by atoms with Crippen LogP contribution in [0.3, 0.4) is 0 Å². The van der Waals surface area contributed by atoms with Crippen molar-refractivity contribution in [2.24, 2.45) is 0 Å². The molecule has 0 unspecified atom stereocenters. The Balaban J connectivity index is 2.17. The van der Waals surface area contributed by atoms with Crippen molar-refractivity contribution in [2.75, 3.05) is 12.5 Å². The Morgan fingerprint density at radius 2 is 1.91 bits per heavy atom. The van der Waals surface area contributed by atoms with Crippen LogP contribution in [0.1, 0.15) is 6.42 Å². The minimum Gasteiger partial charge on any atom is -0.493 e. The van der Waals surface area contributed by atoms with Crippen LogP contribution in [0, 0.1) is 0 Å². The number of ether oxygens (including phenoxy) is 1. The Bertz CT molecular complexity index is 905. The van der Waals surface area contributed by atoms with Gasteiger partial charge in [0.2, 0.25) is 0 Å². The number of H-pyrrole nitrogens is 1. The molecule has 6 heteroatoms. The number of halogens is 3. The highest BCUT2D eigenvalue weighted by Gasteiger charge is 2.11. The van der Waals surface area contributed by atoms with E-state index in [0.717, 1.165) is 6.42 Å². The molecule has 3 rings (SSSR count). The SMILES string of the molecule is O=c1c2ccc(OCCCCl)cc2[nH]c2ccc(Cl)c(Cl)c12. The molecule has 114 valence electrons. The Morgan fingerprint density at radius 1 is 1.09 bits per heavy atom. The molecule has 1 N–H and O–H groups in total. The van der Waals surface area contributed by atoms with Gasteiger partial charge in [0.05, 0.1) is 33.1 Å². The topological polar surface area (TPSA) is 42.1 Å². The standard InChI is InChI=1S/C16H12Cl3NO2/c17-6-1-7-22-9-2-3-10-13(8-9)20-12-5-4-11(18)15(19)14(12)16(10)21/h2-5,8H,1,6-7H2,(H,20,21). The van der Waals surface area contributed by atoms with Crippen molar-refractivity contribution in [3.63, 3.8) is 0 Å². The minimum absolute atomic E-state index is 0.149. The van der Waals surface area contributed by atoms with Gasteiger partial charge in [-0.1, -0.05) is 23.2 Å². The van der Waals surface area contributed by atoms with Gasteiger partial charge in [0.25, 0.3) is 0 Å². The van der Waals surface area contributed by atoms with Crippen LogP contribution in [0.2, 0.25) is 10.0 Å². The number of aromatic amines is 1. The van der Waals surface area contributed by atoms with Gasteiger partial charge >= 0.3 is 0 Å². The molecule has 3 nitrogen and oxygen atoms in total. The molecule has 22 heavy (non-hydrogen) atoms. The van der Waals surface area contributed by atoms with Gasteiger partial charge < -0.3 is 9.72 Å². The molecule has 0 atom stereocenters. The van der Waals surface area contributed by atoms with Crippen molar-refractivity contribution in [2.45, 2.75) is 6.42 Å². The van der Waals surface area contributed by atoms with Crippen molar-refractivity contribution in [1.82, 2.24) is 4.98 Å². The van der Waals surface area contributed by atoms with E-state index in [4.69, 9.17) is 39.5 Å². The molecule has 0 saturated carbocycles. The summed E-state index contributed by atoms with van der Waals surface area (Å²) in [5.41, 5.74) is 1.19. The lowest BCUT2D eigenvalue weighted by atomic mass is 10.1. The van der Waals surface area contributed by atoms with E-state index in [2.05, 4.69) is 4.98 Å². The smallest absolute Gasteiger partial charge is 0.198 e. The number of pyridine rings is 1. The van der Waals surface area contributed by atoms with E-state index < -0.39 is 0 Å². The Morgan fingerprint density at radius 3 is 2.68 bits per heavy atom. The second-order valence-corrected chi connectivity index (χ2v) is 6.00. The summed E-state index contributed by atoms with van der Waals surface area (Å²) >= 11 is 17.8. The van der Waals surface area contributed by atoms with E-state index in [0.29, 0.717) is 45.1 Å². The second kappa shape index (κ2) is 6.37. The summed E-state index contributed by atoms with van der Waals surface area (Å²) in [6, 6.07) is 8.68. The molecule has 3 aromatic rings. The van der Waals surface area contributed by atoms with Crippen molar-refractivity contribution >= 4 is 56.6 Å². The summed E-state index contributed by atoms with van der Waals surface area (Å²) in [4.78, 5) is 15.8. The molecule has 0 aliphatic heterocycles. The van der Waals surface area contributed by atoms with Gasteiger partial charge in [-0.3, -0.25) is 4.79 Å². The lowest BCUT2D eigenvalue weighted by Gasteiger charge is -2.08. The highest BCUT2D eigenvalue weighted by molar-refractivity contribution is 6.45. The Hall–Kier alpha value is -1.42. The fourth-order valence-corrected chi connectivity index (χ4v) is 2.83. The zero-order valence-corrected chi connectivity index (χ0v) is 13.7. The maximum absolute atomic E-state index is 12.6. The van der Waals surface area contributed by atoms with E-state index in [-0.39, 0.29) is 10.5 Å². The molecule has 1 heterocycles. The van der Waals surface area contributed by atoms with Crippen LogP contribution >= 0.6 is 34.8 Å². The van der Waals surface area contributed by atoms with Gasteiger partial charge in [-0.2, -0.15) is 0 Å². The zero-order chi connectivity index (χ0) is 15.7. The van der Waals surface area contributed by atoms with Gasteiger partial charge in [0, 0.05) is 17.3 Å². The molecule has 2 aromatic carbocycles. The maximum Gasteiger partial charge on any atom is 0.198 e. The van der Waals surface area contributed by atoms with Crippen LogP contribution in [0.25, 0.3) is 21.8 Å². The molecule has 0 bridgehead atoms. The molecule has 0 aliphatic rings. The molecule has 0 amide bonds. The summed E-state index contributed by atoms with van der Waals surface area (Å²) in [7, 11) is 0. The predicted molar refractivity (Wildman–Crippen MR) is 92.9 cm³/mol. The first-order valence-corrected chi connectivity index (χ1v) is 8.03. The molecule has 0 fully saturated rings. The normalized spacial score (nSPS) is 11.2. The third-order valence-electron chi connectivity index (χ3n) is 3.37. The first-order chi connectivity index (χ1) is 10.6. The first-order valence-electron chi connectivity index (χ1n) is 6.74. The number of aromatic nitrogens is 1. The maximum atomic E-state index is 12.6.